The van der Waals surface area contributed by atoms with Gasteiger partial charge in [0.1, 0.15) is 11.6 Å². The minimum absolute atomic E-state index is 0.165. The normalized spacial score (nSPS) is 11.8. The molecule has 0 aliphatic carbocycles. The van der Waals surface area contributed by atoms with Crippen LogP contribution in [0.1, 0.15) is 45.0 Å². The fourth-order valence-corrected chi connectivity index (χ4v) is 4.68. The standard InChI is InChI=1S/C29H31BrN4O3/c1-4-6-19-33(29(36)32-24-13-9-10-14-26(24)37-3)25(5-2)27-31-23-12-8-7-11-22(23)28(35)34(27)21-17-15-20(30)16-18-21/h7-18,25H,4-6,19H2,1-3H3,(H,32,36). The maximum atomic E-state index is 13.8. The number of fused-ring (bicyclic) bond motifs is 1. The van der Waals surface area contributed by atoms with Gasteiger partial charge in [0.2, 0.25) is 0 Å². The van der Waals surface area contributed by atoms with E-state index in [-0.39, 0.29) is 11.6 Å². The number of rotatable bonds is 9. The maximum Gasteiger partial charge on any atom is 0.322 e. The lowest BCUT2D eigenvalue weighted by atomic mass is 10.1. The highest BCUT2D eigenvalue weighted by molar-refractivity contribution is 9.10. The van der Waals surface area contributed by atoms with Crippen molar-refractivity contribution in [1.82, 2.24) is 14.5 Å². The molecule has 3 aromatic carbocycles. The van der Waals surface area contributed by atoms with Crippen LogP contribution in [-0.2, 0) is 0 Å². The average molecular weight is 563 g/mol. The van der Waals surface area contributed by atoms with Crippen molar-refractivity contribution in [2.24, 2.45) is 0 Å². The summed E-state index contributed by atoms with van der Waals surface area (Å²) < 4.78 is 7.98. The zero-order chi connectivity index (χ0) is 26.4. The number of para-hydroxylation sites is 3. The van der Waals surface area contributed by atoms with Crippen LogP contribution in [0.15, 0.2) is 82.1 Å². The van der Waals surface area contributed by atoms with Gasteiger partial charge in [0, 0.05) is 11.0 Å². The monoisotopic (exact) mass is 562 g/mol. The lowest BCUT2D eigenvalue weighted by Crippen LogP contribution is -2.41. The Balaban J connectivity index is 1.86. The largest absolute Gasteiger partial charge is 0.495 e. The highest BCUT2D eigenvalue weighted by Gasteiger charge is 2.29. The molecule has 2 amide bonds. The maximum absolute atomic E-state index is 13.8. The van der Waals surface area contributed by atoms with Crippen LogP contribution in [0, 0.1) is 0 Å². The molecule has 1 aromatic heterocycles. The van der Waals surface area contributed by atoms with Gasteiger partial charge in [0.15, 0.2) is 0 Å². The van der Waals surface area contributed by atoms with Crippen molar-refractivity contribution in [3.63, 3.8) is 0 Å². The highest BCUT2D eigenvalue weighted by Crippen LogP contribution is 2.29. The van der Waals surface area contributed by atoms with Crippen molar-refractivity contribution >= 4 is 38.6 Å². The summed E-state index contributed by atoms with van der Waals surface area (Å²) in [5.74, 6) is 1.11. The van der Waals surface area contributed by atoms with Crippen molar-refractivity contribution in [2.45, 2.75) is 39.2 Å². The van der Waals surface area contributed by atoms with Gasteiger partial charge in [0.05, 0.1) is 35.4 Å². The van der Waals surface area contributed by atoms with Crippen LogP contribution < -0.4 is 15.6 Å². The number of hydrogen-bond acceptors (Lipinski definition) is 4. The van der Waals surface area contributed by atoms with E-state index in [0.29, 0.717) is 46.8 Å². The van der Waals surface area contributed by atoms with Crippen LogP contribution in [-0.4, -0.2) is 34.1 Å². The molecule has 1 heterocycles. The van der Waals surface area contributed by atoms with Crippen molar-refractivity contribution in [3.8, 4) is 11.4 Å². The molecule has 0 radical (unpaired) electrons. The highest BCUT2D eigenvalue weighted by atomic mass is 79.9. The molecule has 0 saturated heterocycles. The number of benzene rings is 3. The van der Waals surface area contributed by atoms with Crippen LogP contribution in [0.2, 0.25) is 0 Å². The number of carbonyl (C=O) groups excluding carboxylic acids is 1. The number of urea groups is 1. The molecule has 0 aliphatic rings. The molecule has 0 saturated carbocycles. The fraction of sp³-hybridized carbons (Fsp3) is 0.276. The predicted octanol–water partition coefficient (Wildman–Crippen LogP) is 6.94. The Hall–Kier alpha value is -3.65. The Labute approximate surface area is 225 Å². The van der Waals surface area contributed by atoms with Gasteiger partial charge < -0.3 is 15.0 Å². The van der Waals surface area contributed by atoms with E-state index >= 15 is 0 Å². The SMILES string of the molecule is CCCCN(C(=O)Nc1ccccc1OC)C(CC)c1nc2ccccc2c(=O)n1-c1ccc(Br)cc1. The van der Waals surface area contributed by atoms with Crippen molar-refractivity contribution < 1.29 is 9.53 Å². The van der Waals surface area contributed by atoms with Gasteiger partial charge in [0.25, 0.3) is 5.56 Å². The molecule has 0 bridgehead atoms. The first kappa shape index (κ1) is 26.4. The Morgan fingerprint density at radius 3 is 2.46 bits per heavy atom. The molecule has 192 valence electrons. The number of unbranched alkanes of at least 4 members (excludes halogenated alkanes) is 1. The van der Waals surface area contributed by atoms with E-state index in [1.165, 1.54) is 0 Å². The number of hydrogen-bond donors (Lipinski definition) is 1. The summed E-state index contributed by atoms with van der Waals surface area (Å²) >= 11 is 3.48. The van der Waals surface area contributed by atoms with E-state index in [0.717, 1.165) is 17.3 Å². The quantitative estimate of drug-likeness (QED) is 0.239. The number of methoxy groups -OCH3 is 1. The first-order valence-electron chi connectivity index (χ1n) is 12.5. The van der Waals surface area contributed by atoms with Crippen LogP contribution >= 0.6 is 15.9 Å². The van der Waals surface area contributed by atoms with Crippen molar-refractivity contribution in [1.29, 1.82) is 0 Å². The van der Waals surface area contributed by atoms with Crippen LogP contribution in [0.3, 0.4) is 0 Å². The van der Waals surface area contributed by atoms with Gasteiger partial charge >= 0.3 is 6.03 Å². The van der Waals surface area contributed by atoms with E-state index in [9.17, 15) is 9.59 Å². The number of halogens is 1. The first-order valence-corrected chi connectivity index (χ1v) is 13.3. The first-order chi connectivity index (χ1) is 18.0. The summed E-state index contributed by atoms with van der Waals surface area (Å²) in [4.78, 5) is 34.3. The van der Waals surface area contributed by atoms with Crippen LogP contribution in [0.4, 0.5) is 10.5 Å². The Bertz CT molecular complexity index is 1440. The third-order valence-electron chi connectivity index (χ3n) is 6.31. The molecule has 0 fully saturated rings. The van der Waals surface area contributed by atoms with Crippen molar-refractivity contribution in [2.75, 3.05) is 19.0 Å². The molecule has 4 aromatic rings. The third kappa shape index (κ3) is 5.69. The molecular formula is C29H31BrN4O3. The minimum Gasteiger partial charge on any atom is -0.495 e. The molecule has 37 heavy (non-hydrogen) atoms. The summed E-state index contributed by atoms with van der Waals surface area (Å²) in [5, 5.41) is 3.54. The van der Waals surface area contributed by atoms with Gasteiger partial charge in [-0.25, -0.2) is 9.78 Å². The van der Waals surface area contributed by atoms with E-state index in [2.05, 4.69) is 28.2 Å². The summed E-state index contributed by atoms with van der Waals surface area (Å²) in [5.41, 5.74) is 1.72. The number of aromatic nitrogens is 2. The number of ether oxygens (including phenoxy) is 1. The summed E-state index contributed by atoms with van der Waals surface area (Å²) in [6, 6.07) is 21.5. The number of nitrogens with one attached hydrogen (secondary N) is 1. The second-order valence-electron chi connectivity index (χ2n) is 8.71. The van der Waals surface area contributed by atoms with E-state index in [1.807, 2.05) is 67.6 Å². The minimum atomic E-state index is -0.442. The molecule has 7 nitrogen and oxygen atoms in total. The third-order valence-corrected chi connectivity index (χ3v) is 6.84. The summed E-state index contributed by atoms with van der Waals surface area (Å²) in [6.07, 6.45) is 2.30. The predicted molar refractivity (Wildman–Crippen MR) is 152 cm³/mol. The van der Waals surface area contributed by atoms with Gasteiger partial charge in [-0.2, -0.15) is 0 Å². The fourth-order valence-electron chi connectivity index (χ4n) is 4.42. The molecule has 1 unspecified atom stereocenters. The molecule has 8 heteroatoms. The van der Waals surface area contributed by atoms with E-state index in [1.54, 1.807) is 28.7 Å². The van der Waals surface area contributed by atoms with Gasteiger partial charge in [-0.15, -0.1) is 0 Å². The van der Waals surface area contributed by atoms with E-state index < -0.39 is 6.04 Å². The molecule has 4 rings (SSSR count). The zero-order valence-electron chi connectivity index (χ0n) is 21.3. The number of carbonyl (C=O) groups is 1. The van der Waals surface area contributed by atoms with Gasteiger partial charge in [-0.05, 0) is 61.4 Å². The van der Waals surface area contributed by atoms with Crippen molar-refractivity contribution in [3.05, 3.63) is 93.4 Å². The topological polar surface area (TPSA) is 76.5 Å². The second-order valence-corrected chi connectivity index (χ2v) is 9.62. The van der Waals surface area contributed by atoms with Gasteiger partial charge in [-0.3, -0.25) is 9.36 Å². The Kier molecular flexibility index (Phi) is 8.61. The summed E-state index contributed by atoms with van der Waals surface area (Å²) in [6.45, 7) is 4.61. The zero-order valence-corrected chi connectivity index (χ0v) is 22.9. The number of amides is 2. The Morgan fingerprint density at radius 1 is 1.05 bits per heavy atom. The summed E-state index contributed by atoms with van der Waals surface area (Å²) in [7, 11) is 1.57. The van der Waals surface area contributed by atoms with Crippen LogP contribution in [0.25, 0.3) is 16.6 Å². The number of nitrogens with zero attached hydrogens (tertiary/aromatic N) is 3. The molecule has 1 atom stereocenters. The molecule has 0 spiro atoms. The lowest BCUT2D eigenvalue weighted by molar-refractivity contribution is 0.180. The Morgan fingerprint density at radius 2 is 1.76 bits per heavy atom. The van der Waals surface area contributed by atoms with Crippen LogP contribution in [0.5, 0.6) is 5.75 Å². The number of anilines is 1. The molecule has 0 aliphatic heterocycles. The smallest absolute Gasteiger partial charge is 0.322 e. The van der Waals surface area contributed by atoms with Gasteiger partial charge in [-0.1, -0.05) is 60.5 Å². The second kappa shape index (κ2) is 12.1. The lowest BCUT2D eigenvalue weighted by Gasteiger charge is -2.32. The molecule has 1 N–H and O–H groups in total. The van der Waals surface area contributed by atoms with E-state index in [4.69, 9.17) is 9.72 Å². The average Bonchev–Trinajstić information content (AvgIpc) is 2.92. The molecular weight excluding hydrogens is 532 g/mol.